The third-order valence-electron chi connectivity index (χ3n) is 4.07. The molecule has 3 N–H and O–H groups in total. The molecule has 0 bridgehead atoms. The van der Waals surface area contributed by atoms with Crippen LogP contribution < -0.4 is 10.5 Å². The molecule has 0 aliphatic rings. The Kier molecular flexibility index (Phi) is 5.34. The summed E-state index contributed by atoms with van der Waals surface area (Å²) in [5, 5.41) is 7.99. The number of rotatable bonds is 4. The van der Waals surface area contributed by atoms with Crippen molar-refractivity contribution >= 4 is 15.9 Å². The van der Waals surface area contributed by atoms with Crippen LogP contribution in [0.15, 0.2) is 53.4 Å². The Labute approximate surface area is 149 Å². The third-order valence-corrected chi connectivity index (χ3v) is 5.00. The van der Waals surface area contributed by atoms with Crippen molar-refractivity contribution in [1.82, 2.24) is 5.32 Å². The first-order valence-electron chi connectivity index (χ1n) is 8.02. The summed E-state index contributed by atoms with van der Waals surface area (Å²) in [5.74, 6) is -0.177. The number of carbonyl (C=O) groups excluding carboxylic acids is 1. The minimum Gasteiger partial charge on any atom is -0.346 e. The first kappa shape index (κ1) is 19.1. The predicted molar refractivity (Wildman–Crippen MR) is 98.8 cm³/mol. The molecule has 1 atom stereocenters. The molecule has 0 heterocycles. The van der Waals surface area contributed by atoms with Crippen LogP contribution in [0, 0.1) is 0 Å². The van der Waals surface area contributed by atoms with Gasteiger partial charge < -0.3 is 5.32 Å². The zero-order valence-corrected chi connectivity index (χ0v) is 15.7. The number of nitrogens with one attached hydrogen (secondary N) is 1. The smallest absolute Gasteiger partial charge is 0.251 e. The Morgan fingerprint density at radius 2 is 1.52 bits per heavy atom. The van der Waals surface area contributed by atoms with Crippen LogP contribution in [-0.2, 0) is 15.4 Å². The minimum absolute atomic E-state index is 0.0351. The second-order valence-electron chi connectivity index (χ2n) is 7.14. The highest BCUT2D eigenvalue weighted by Crippen LogP contribution is 2.22. The monoisotopic (exact) mass is 360 g/mol. The molecule has 0 aliphatic heterocycles. The number of benzene rings is 2. The maximum absolute atomic E-state index is 12.4. The molecular formula is C19H24N2O3S. The van der Waals surface area contributed by atoms with Crippen molar-refractivity contribution in [3.05, 3.63) is 65.2 Å². The van der Waals surface area contributed by atoms with Crippen LogP contribution in [0.2, 0.25) is 0 Å². The molecule has 0 aliphatic carbocycles. The van der Waals surface area contributed by atoms with Crippen molar-refractivity contribution in [3.8, 4) is 0 Å². The molecule has 0 radical (unpaired) electrons. The zero-order valence-electron chi connectivity index (χ0n) is 14.9. The molecule has 25 heavy (non-hydrogen) atoms. The summed E-state index contributed by atoms with van der Waals surface area (Å²) in [5.41, 5.74) is 2.58. The van der Waals surface area contributed by atoms with Gasteiger partial charge in [0.1, 0.15) is 0 Å². The highest BCUT2D eigenvalue weighted by molar-refractivity contribution is 7.89. The molecule has 134 valence electrons. The molecule has 0 aromatic heterocycles. The van der Waals surface area contributed by atoms with Crippen LogP contribution in [0.25, 0.3) is 0 Å². The van der Waals surface area contributed by atoms with Gasteiger partial charge in [-0.2, -0.15) is 0 Å². The molecular weight excluding hydrogens is 336 g/mol. The maximum Gasteiger partial charge on any atom is 0.251 e. The lowest BCUT2D eigenvalue weighted by Crippen LogP contribution is -2.26. The van der Waals surface area contributed by atoms with E-state index in [1.807, 2.05) is 31.2 Å². The fraction of sp³-hybridized carbons (Fsp3) is 0.316. The number of hydrogen-bond donors (Lipinski definition) is 2. The number of amides is 1. The standard InChI is InChI=1S/C19H24N2O3S/c1-13(14-7-11-17(12-8-14)25(20,23)24)21-18(22)15-5-9-16(10-6-15)19(2,3)4/h5-13H,1-4H3,(H,21,22)(H2,20,23,24). The molecule has 2 aromatic carbocycles. The number of carbonyl (C=O) groups is 1. The highest BCUT2D eigenvalue weighted by atomic mass is 32.2. The summed E-state index contributed by atoms with van der Waals surface area (Å²) in [7, 11) is -3.71. The summed E-state index contributed by atoms with van der Waals surface area (Å²) in [6.45, 7) is 8.20. The molecule has 0 saturated carbocycles. The van der Waals surface area contributed by atoms with E-state index in [9.17, 15) is 13.2 Å². The van der Waals surface area contributed by atoms with Crippen molar-refractivity contribution in [2.45, 2.75) is 44.0 Å². The molecule has 0 spiro atoms. The maximum atomic E-state index is 12.4. The summed E-state index contributed by atoms with van der Waals surface area (Å²) < 4.78 is 22.6. The topological polar surface area (TPSA) is 89.3 Å². The van der Waals surface area contributed by atoms with Crippen LogP contribution in [-0.4, -0.2) is 14.3 Å². The minimum atomic E-state index is -3.71. The van der Waals surface area contributed by atoms with Crippen molar-refractivity contribution in [1.29, 1.82) is 0 Å². The molecule has 1 unspecified atom stereocenters. The van der Waals surface area contributed by atoms with Crippen molar-refractivity contribution in [3.63, 3.8) is 0 Å². The van der Waals surface area contributed by atoms with E-state index in [4.69, 9.17) is 5.14 Å². The fourth-order valence-corrected chi connectivity index (χ4v) is 2.95. The summed E-state index contributed by atoms with van der Waals surface area (Å²) >= 11 is 0. The molecule has 0 saturated heterocycles. The summed E-state index contributed by atoms with van der Waals surface area (Å²) in [4.78, 5) is 12.4. The predicted octanol–water partition coefficient (Wildman–Crippen LogP) is 3.12. The van der Waals surface area contributed by atoms with Crippen LogP contribution >= 0.6 is 0 Å². The van der Waals surface area contributed by atoms with E-state index in [1.54, 1.807) is 12.1 Å². The van der Waals surface area contributed by atoms with Gasteiger partial charge in [0.2, 0.25) is 10.0 Å². The first-order chi connectivity index (χ1) is 11.5. The molecule has 6 heteroatoms. The molecule has 2 aromatic rings. The van der Waals surface area contributed by atoms with E-state index >= 15 is 0 Å². The van der Waals surface area contributed by atoms with Crippen molar-refractivity contribution in [2.24, 2.45) is 5.14 Å². The van der Waals surface area contributed by atoms with Gasteiger partial charge >= 0.3 is 0 Å². The lowest BCUT2D eigenvalue weighted by molar-refractivity contribution is 0.0940. The molecule has 2 rings (SSSR count). The van der Waals surface area contributed by atoms with Crippen LogP contribution in [0.1, 0.15) is 55.2 Å². The van der Waals surface area contributed by atoms with Crippen LogP contribution in [0.4, 0.5) is 0 Å². The van der Waals surface area contributed by atoms with Gasteiger partial charge in [0, 0.05) is 5.56 Å². The Hall–Kier alpha value is -2.18. The Morgan fingerprint density at radius 3 is 1.96 bits per heavy atom. The van der Waals surface area contributed by atoms with E-state index in [2.05, 4.69) is 26.1 Å². The normalized spacial score (nSPS) is 13.3. The molecule has 5 nitrogen and oxygen atoms in total. The average Bonchev–Trinajstić information content (AvgIpc) is 2.53. The SMILES string of the molecule is CC(NC(=O)c1ccc(C(C)(C)C)cc1)c1ccc(S(N)(=O)=O)cc1. The number of nitrogens with two attached hydrogens (primary N) is 1. The second kappa shape index (κ2) is 6.98. The van der Waals surface area contributed by atoms with Crippen LogP contribution in [0.5, 0.6) is 0 Å². The lowest BCUT2D eigenvalue weighted by Gasteiger charge is -2.19. The van der Waals surface area contributed by atoms with Gasteiger partial charge in [-0.1, -0.05) is 45.0 Å². The Balaban J connectivity index is 2.09. The van der Waals surface area contributed by atoms with Gasteiger partial charge in [0.05, 0.1) is 10.9 Å². The van der Waals surface area contributed by atoms with Crippen LogP contribution in [0.3, 0.4) is 0 Å². The largest absolute Gasteiger partial charge is 0.346 e. The van der Waals surface area contributed by atoms with Gasteiger partial charge in [0.15, 0.2) is 0 Å². The number of primary sulfonamides is 1. The Bertz CT molecular complexity index is 849. The van der Waals surface area contributed by atoms with Gasteiger partial charge in [-0.3, -0.25) is 4.79 Å². The second-order valence-corrected chi connectivity index (χ2v) is 8.70. The number of sulfonamides is 1. The average molecular weight is 360 g/mol. The van der Waals surface area contributed by atoms with Gasteiger partial charge in [0.25, 0.3) is 5.91 Å². The molecule has 0 fully saturated rings. The zero-order chi connectivity index (χ0) is 18.8. The van der Waals surface area contributed by atoms with E-state index in [0.717, 1.165) is 11.1 Å². The van der Waals surface area contributed by atoms with Gasteiger partial charge in [-0.05, 0) is 47.7 Å². The Morgan fingerprint density at radius 1 is 1.00 bits per heavy atom. The quantitative estimate of drug-likeness (QED) is 0.878. The molecule has 1 amide bonds. The summed E-state index contributed by atoms with van der Waals surface area (Å²) in [6, 6.07) is 13.4. The first-order valence-corrected chi connectivity index (χ1v) is 9.57. The van der Waals surface area contributed by atoms with Gasteiger partial charge in [-0.25, -0.2) is 13.6 Å². The van der Waals surface area contributed by atoms with Crippen molar-refractivity contribution in [2.75, 3.05) is 0 Å². The highest BCUT2D eigenvalue weighted by Gasteiger charge is 2.16. The third kappa shape index (κ3) is 4.90. The summed E-state index contributed by atoms with van der Waals surface area (Å²) in [6.07, 6.45) is 0. The lowest BCUT2D eigenvalue weighted by atomic mass is 9.86. The van der Waals surface area contributed by atoms with Gasteiger partial charge in [-0.15, -0.1) is 0 Å². The van der Waals surface area contributed by atoms with E-state index in [1.165, 1.54) is 12.1 Å². The number of hydrogen-bond acceptors (Lipinski definition) is 3. The van der Waals surface area contributed by atoms with E-state index in [-0.39, 0.29) is 22.3 Å². The van der Waals surface area contributed by atoms with Crippen molar-refractivity contribution < 1.29 is 13.2 Å². The van der Waals surface area contributed by atoms with E-state index < -0.39 is 10.0 Å². The fourth-order valence-electron chi connectivity index (χ4n) is 2.43. The van der Waals surface area contributed by atoms with E-state index in [0.29, 0.717) is 5.56 Å².